The van der Waals surface area contributed by atoms with Crippen LogP contribution in [0, 0.1) is 0 Å². The lowest BCUT2D eigenvalue weighted by atomic mass is 10.3. The summed E-state index contributed by atoms with van der Waals surface area (Å²) >= 11 is 0. The lowest BCUT2D eigenvalue weighted by molar-refractivity contribution is 0.0635. The van der Waals surface area contributed by atoms with E-state index in [9.17, 15) is 4.39 Å². The van der Waals surface area contributed by atoms with E-state index < -0.39 is 6.17 Å². The molecule has 1 atom stereocenters. The fraction of sp³-hybridized carbons (Fsp3) is 0.750. The van der Waals surface area contributed by atoms with E-state index in [1.165, 1.54) is 6.08 Å². The summed E-state index contributed by atoms with van der Waals surface area (Å²) in [5.41, 5.74) is 0. The lowest BCUT2D eigenvalue weighted by Crippen LogP contribution is -2.06. The fourth-order valence-electron chi connectivity index (χ4n) is 0.558. The second kappa shape index (κ2) is 7.69. The van der Waals surface area contributed by atoms with E-state index in [4.69, 9.17) is 9.47 Å². The average molecular weight is 162 g/mol. The SMILES string of the molecule is C=CC(F)CCOCCOC. The van der Waals surface area contributed by atoms with Gasteiger partial charge in [0, 0.05) is 20.1 Å². The van der Waals surface area contributed by atoms with Crippen molar-refractivity contribution in [2.45, 2.75) is 12.6 Å². The summed E-state index contributed by atoms with van der Waals surface area (Å²) in [6.07, 6.45) is 0.713. The first-order valence-corrected chi connectivity index (χ1v) is 3.64. The molecule has 0 N–H and O–H groups in total. The summed E-state index contributed by atoms with van der Waals surface area (Å²) in [7, 11) is 1.60. The molecule has 11 heavy (non-hydrogen) atoms. The normalized spacial score (nSPS) is 12.9. The fourth-order valence-corrected chi connectivity index (χ4v) is 0.558. The molecule has 0 amide bonds. The van der Waals surface area contributed by atoms with Crippen molar-refractivity contribution >= 4 is 0 Å². The number of ether oxygens (including phenoxy) is 2. The maximum absolute atomic E-state index is 12.4. The number of hydrogen-bond acceptors (Lipinski definition) is 2. The summed E-state index contributed by atoms with van der Waals surface area (Å²) in [5.74, 6) is 0. The monoisotopic (exact) mass is 162 g/mol. The van der Waals surface area contributed by atoms with Crippen LogP contribution in [0.2, 0.25) is 0 Å². The standard InChI is InChI=1S/C8H15FO2/c1-3-8(9)4-5-11-7-6-10-2/h3,8H,1,4-7H2,2H3. The van der Waals surface area contributed by atoms with Crippen LogP contribution in [-0.2, 0) is 9.47 Å². The van der Waals surface area contributed by atoms with Crippen LogP contribution in [-0.4, -0.2) is 33.1 Å². The molecule has 0 radical (unpaired) electrons. The van der Waals surface area contributed by atoms with Crippen LogP contribution in [0.5, 0.6) is 0 Å². The first-order chi connectivity index (χ1) is 5.31. The number of allylic oxidation sites excluding steroid dienone is 1. The largest absolute Gasteiger partial charge is 0.382 e. The molecular weight excluding hydrogens is 147 g/mol. The second-order valence-electron chi connectivity index (χ2n) is 2.15. The van der Waals surface area contributed by atoms with Crippen molar-refractivity contribution < 1.29 is 13.9 Å². The minimum absolute atomic E-state index is 0.382. The Morgan fingerprint density at radius 1 is 1.45 bits per heavy atom. The van der Waals surface area contributed by atoms with Crippen molar-refractivity contribution in [3.8, 4) is 0 Å². The van der Waals surface area contributed by atoms with Gasteiger partial charge in [-0.25, -0.2) is 4.39 Å². The Labute approximate surface area is 67.0 Å². The molecule has 1 unspecified atom stereocenters. The molecule has 0 aromatic carbocycles. The molecule has 0 saturated heterocycles. The zero-order valence-corrected chi connectivity index (χ0v) is 6.88. The molecule has 0 rings (SSSR count). The molecule has 66 valence electrons. The van der Waals surface area contributed by atoms with Crippen LogP contribution >= 0.6 is 0 Å². The maximum atomic E-state index is 12.4. The van der Waals surface area contributed by atoms with Gasteiger partial charge in [0.05, 0.1) is 13.2 Å². The maximum Gasteiger partial charge on any atom is 0.120 e. The van der Waals surface area contributed by atoms with Gasteiger partial charge in [-0.3, -0.25) is 0 Å². The summed E-state index contributed by atoms with van der Waals surface area (Å²) < 4.78 is 22.2. The van der Waals surface area contributed by atoms with Gasteiger partial charge in [0.1, 0.15) is 6.17 Å². The van der Waals surface area contributed by atoms with E-state index in [1.54, 1.807) is 7.11 Å². The molecule has 3 heteroatoms. The Balaban J connectivity index is 2.95. The molecule has 0 aromatic heterocycles. The highest BCUT2D eigenvalue weighted by Crippen LogP contribution is 1.97. The third-order valence-electron chi connectivity index (χ3n) is 1.23. The van der Waals surface area contributed by atoms with Gasteiger partial charge >= 0.3 is 0 Å². The predicted molar refractivity (Wildman–Crippen MR) is 42.4 cm³/mol. The van der Waals surface area contributed by atoms with Crippen LogP contribution in [0.15, 0.2) is 12.7 Å². The predicted octanol–water partition coefficient (Wildman–Crippen LogP) is 1.56. The Bertz CT molecular complexity index is 96.1. The van der Waals surface area contributed by atoms with Gasteiger partial charge in [0.25, 0.3) is 0 Å². The van der Waals surface area contributed by atoms with E-state index in [-0.39, 0.29) is 0 Å². The lowest BCUT2D eigenvalue weighted by Gasteiger charge is -2.03. The number of rotatable bonds is 7. The second-order valence-corrected chi connectivity index (χ2v) is 2.15. The summed E-state index contributed by atoms with van der Waals surface area (Å²) in [6, 6.07) is 0. The molecule has 0 spiro atoms. The van der Waals surface area contributed by atoms with Crippen molar-refractivity contribution in [3.63, 3.8) is 0 Å². The van der Waals surface area contributed by atoms with Crippen molar-refractivity contribution in [3.05, 3.63) is 12.7 Å². The molecule has 2 nitrogen and oxygen atoms in total. The number of alkyl halides is 1. The highest BCUT2D eigenvalue weighted by atomic mass is 19.1. The Morgan fingerprint density at radius 3 is 2.73 bits per heavy atom. The first kappa shape index (κ1) is 10.6. The Hall–Kier alpha value is -0.410. The van der Waals surface area contributed by atoms with E-state index >= 15 is 0 Å². The molecule has 0 aliphatic carbocycles. The third-order valence-corrected chi connectivity index (χ3v) is 1.23. The zero-order valence-electron chi connectivity index (χ0n) is 6.88. The van der Waals surface area contributed by atoms with Crippen LogP contribution in [0.4, 0.5) is 4.39 Å². The topological polar surface area (TPSA) is 18.5 Å². The van der Waals surface area contributed by atoms with Crippen LogP contribution in [0.3, 0.4) is 0 Å². The van der Waals surface area contributed by atoms with E-state index in [0.717, 1.165) is 0 Å². The van der Waals surface area contributed by atoms with E-state index in [0.29, 0.717) is 26.2 Å². The van der Waals surface area contributed by atoms with Crippen molar-refractivity contribution in [2.75, 3.05) is 26.9 Å². The average Bonchev–Trinajstić information content (AvgIpc) is 2.04. The minimum Gasteiger partial charge on any atom is -0.382 e. The quantitative estimate of drug-likeness (QED) is 0.418. The van der Waals surface area contributed by atoms with Crippen LogP contribution in [0.25, 0.3) is 0 Å². The smallest absolute Gasteiger partial charge is 0.120 e. The number of halogens is 1. The van der Waals surface area contributed by atoms with Crippen molar-refractivity contribution in [2.24, 2.45) is 0 Å². The Morgan fingerprint density at radius 2 is 2.18 bits per heavy atom. The molecule has 0 aromatic rings. The molecule has 0 aliphatic heterocycles. The van der Waals surface area contributed by atoms with Crippen LogP contribution < -0.4 is 0 Å². The molecular formula is C8H15FO2. The van der Waals surface area contributed by atoms with Crippen molar-refractivity contribution in [1.82, 2.24) is 0 Å². The van der Waals surface area contributed by atoms with Gasteiger partial charge < -0.3 is 9.47 Å². The highest BCUT2D eigenvalue weighted by Gasteiger charge is 1.98. The van der Waals surface area contributed by atoms with Gasteiger partial charge in [-0.15, -0.1) is 6.58 Å². The third kappa shape index (κ3) is 7.49. The van der Waals surface area contributed by atoms with Gasteiger partial charge in [-0.05, 0) is 0 Å². The summed E-state index contributed by atoms with van der Waals surface area (Å²) in [5, 5.41) is 0. The van der Waals surface area contributed by atoms with E-state index in [2.05, 4.69) is 6.58 Å². The molecule has 0 fully saturated rings. The van der Waals surface area contributed by atoms with Gasteiger partial charge in [0.2, 0.25) is 0 Å². The van der Waals surface area contributed by atoms with Crippen LogP contribution in [0.1, 0.15) is 6.42 Å². The number of methoxy groups -OCH3 is 1. The zero-order chi connectivity index (χ0) is 8.53. The molecule has 0 bridgehead atoms. The van der Waals surface area contributed by atoms with Gasteiger partial charge in [-0.1, -0.05) is 6.08 Å². The molecule has 0 heterocycles. The van der Waals surface area contributed by atoms with Crippen molar-refractivity contribution in [1.29, 1.82) is 0 Å². The molecule has 0 aliphatic rings. The Kier molecular flexibility index (Phi) is 7.41. The molecule has 0 saturated carbocycles. The van der Waals surface area contributed by atoms with Gasteiger partial charge in [0.15, 0.2) is 0 Å². The summed E-state index contributed by atoms with van der Waals surface area (Å²) in [6.45, 7) is 4.84. The highest BCUT2D eigenvalue weighted by molar-refractivity contribution is 4.77. The minimum atomic E-state index is -0.947. The first-order valence-electron chi connectivity index (χ1n) is 3.64. The summed E-state index contributed by atoms with van der Waals surface area (Å²) in [4.78, 5) is 0. The van der Waals surface area contributed by atoms with Gasteiger partial charge in [-0.2, -0.15) is 0 Å². The number of hydrogen-bond donors (Lipinski definition) is 0. The van der Waals surface area contributed by atoms with E-state index in [1.807, 2.05) is 0 Å².